The second-order valence-corrected chi connectivity index (χ2v) is 3.49. The van der Waals surface area contributed by atoms with Crippen molar-refractivity contribution in [1.82, 2.24) is 0 Å². The van der Waals surface area contributed by atoms with Crippen molar-refractivity contribution in [3.05, 3.63) is 59.2 Å². The van der Waals surface area contributed by atoms with Gasteiger partial charge in [0.25, 0.3) is 0 Å². The molecule has 0 N–H and O–H groups in total. The normalized spacial score (nSPS) is 19.1. The summed E-state index contributed by atoms with van der Waals surface area (Å²) in [6.07, 6.45) is 6.40. The van der Waals surface area contributed by atoms with Gasteiger partial charge in [-0.2, -0.15) is 5.26 Å². The van der Waals surface area contributed by atoms with Crippen LogP contribution in [0.1, 0.15) is 24.0 Å². The SMILES string of the molecule is CC1=CC(c2ccccc2C#N)C=C1. The van der Waals surface area contributed by atoms with Gasteiger partial charge in [0.1, 0.15) is 0 Å². The van der Waals surface area contributed by atoms with E-state index in [1.807, 2.05) is 24.3 Å². The average molecular weight is 181 g/mol. The number of benzene rings is 1. The van der Waals surface area contributed by atoms with Crippen molar-refractivity contribution in [2.24, 2.45) is 0 Å². The number of nitriles is 1. The minimum atomic E-state index is 0.283. The molecule has 0 radical (unpaired) electrons. The van der Waals surface area contributed by atoms with E-state index in [1.165, 1.54) is 5.57 Å². The Balaban J connectivity index is 2.44. The van der Waals surface area contributed by atoms with Crippen LogP contribution in [-0.4, -0.2) is 0 Å². The first kappa shape index (κ1) is 8.77. The van der Waals surface area contributed by atoms with Crippen LogP contribution in [0, 0.1) is 11.3 Å². The lowest BCUT2D eigenvalue weighted by atomic mass is 9.96. The molecule has 1 aliphatic rings. The molecule has 0 spiro atoms. The molecule has 2 rings (SSSR count). The maximum absolute atomic E-state index is 8.95. The number of nitrogens with zero attached hydrogens (tertiary/aromatic N) is 1. The van der Waals surface area contributed by atoms with Crippen molar-refractivity contribution in [2.45, 2.75) is 12.8 Å². The van der Waals surface area contributed by atoms with Gasteiger partial charge < -0.3 is 0 Å². The predicted molar refractivity (Wildman–Crippen MR) is 56.8 cm³/mol. The molecule has 0 aromatic heterocycles. The van der Waals surface area contributed by atoms with E-state index in [1.54, 1.807) is 0 Å². The van der Waals surface area contributed by atoms with Gasteiger partial charge in [-0.1, -0.05) is 42.0 Å². The van der Waals surface area contributed by atoms with E-state index in [-0.39, 0.29) is 5.92 Å². The van der Waals surface area contributed by atoms with Crippen molar-refractivity contribution in [3.8, 4) is 6.07 Å². The van der Waals surface area contributed by atoms with Crippen LogP contribution in [0.5, 0.6) is 0 Å². The summed E-state index contributed by atoms with van der Waals surface area (Å²) in [4.78, 5) is 0. The Morgan fingerprint density at radius 2 is 2.07 bits per heavy atom. The minimum Gasteiger partial charge on any atom is -0.192 e. The van der Waals surface area contributed by atoms with Crippen LogP contribution in [0.15, 0.2) is 48.1 Å². The van der Waals surface area contributed by atoms with E-state index in [4.69, 9.17) is 5.26 Å². The van der Waals surface area contributed by atoms with E-state index in [0.29, 0.717) is 0 Å². The van der Waals surface area contributed by atoms with Gasteiger partial charge in [-0.25, -0.2) is 0 Å². The van der Waals surface area contributed by atoms with E-state index < -0.39 is 0 Å². The molecule has 68 valence electrons. The van der Waals surface area contributed by atoms with Crippen LogP contribution in [-0.2, 0) is 0 Å². The molecule has 0 aliphatic heterocycles. The lowest BCUT2D eigenvalue weighted by Crippen LogP contribution is -1.92. The number of hydrogen-bond donors (Lipinski definition) is 0. The summed E-state index contributed by atoms with van der Waals surface area (Å²) < 4.78 is 0. The molecule has 0 saturated heterocycles. The standard InChI is InChI=1S/C13H11N/c1-10-6-7-11(8-10)13-5-3-2-4-12(13)9-14/h2-8,11H,1H3. The van der Waals surface area contributed by atoms with Gasteiger partial charge in [0, 0.05) is 5.92 Å². The van der Waals surface area contributed by atoms with Crippen LogP contribution >= 0.6 is 0 Å². The van der Waals surface area contributed by atoms with Crippen LogP contribution in [0.2, 0.25) is 0 Å². The molecule has 1 aliphatic carbocycles. The first-order valence-corrected chi connectivity index (χ1v) is 4.67. The lowest BCUT2D eigenvalue weighted by molar-refractivity contribution is 1.09. The highest BCUT2D eigenvalue weighted by Crippen LogP contribution is 2.28. The van der Waals surface area contributed by atoms with E-state index in [9.17, 15) is 0 Å². The molecule has 1 nitrogen and oxygen atoms in total. The zero-order chi connectivity index (χ0) is 9.97. The maximum Gasteiger partial charge on any atom is 0.0994 e. The van der Waals surface area contributed by atoms with Crippen molar-refractivity contribution < 1.29 is 0 Å². The van der Waals surface area contributed by atoms with Gasteiger partial charge in [-0.15, -0.1) is 0 Å². The molecule has 14 heavy (non-hydrogen) atoms. The van der Waals surface area contributed by atoms with Gasteiger partial charge in [0.15, 0.2) is 0 Å². The van der Waals surface area contributed by atoms with Gasteiger partial charge in [0.2, 0.25) is 0 Å². The first-order chi connectivity index (χ1) is 6.81. The summed E-state index contributed by atoms with van der Waals surface area (Å²) >= 11 is 0. The molecule has 0 heterocycles. The highest BCUT2D eigenvalue weighted by atomic mass is 14.3. The zero-order valence-corrected chi connectivity index (χ0v) is 8.07. The van der Waals surface area contributed by atoms with Crippen molar-refractivity contribution >= 4 is 0 Å². The zero-order valence-electron chi connectivity index (χ0n) is 8.07. The monoisotopic (exact) mass is 181 g/mol. The fourth-order valence-corrected chi connectivity index (χ4v) is 1.73. The van der Waals surface area contributed by atoms with Crippen LogP contribution in [0.4, 0.5) is 0 Å². The number of hydrogen-bond acceptors (Lipinski definition) is 1. The highest BCUT2D eigenvalue weighted by Gasteiger charge is 2.12. The van der Waals surface area contributed by atoms with Gasteiger partial charge >= 0.3 is 0 Å². The van der Waals surface area contributed by atoms with Crippen molar-refractivity contribution in [2.75, 3.05) is 0 Å². The topological polar surface area (TPSA) is 23.8 Å². The molecular weight excluding hydrogens is 170 g/mol. The van der Waals surface area contributed by atoms with Crippen LogP contribution in [0.25, 0.3) is 0 Å². The van der Waals surface area contributed by atoms with Crippen molar-refractivity contribution in [1.29, 1.82) is 5.26 Å². The Morgan fingerprint density at radius 1 is 1.29 bits per heavy atom. The molecule has 0 amide bonds. The molecular formula is C13H11N. The Kier molecular flexibility index (Phi) is 2.20. The Hall–Kier alpha value is -1.81. The summed E-state index contributed by atoms with van der Waals surface area (Å²) in [6, 6.07) is 9.98. The largest absolute Gasteiger partial charge is 0.192 e. The number of allylic oxidation sites excluding steroid dienone is 4. The molecule has 1 aromatic rings. The summed E-state index contributed by atoms with van der Waals surface area (Å²) in [5.41, 5.74) is 3.14. The Labute approximate surface area is 84.0 Å². The minimum absolute atomic E-state index is 0.283. The fourth-order valence-electron chi connectivity index (χ4n) is 1.73. The maximum atomic E-state index is 8.95. The summed E-state index contributed by atoms with van der Waals surface area (Å²) in [7, 11) is 0. The van der Waals surface area contributed by atoms with E-state index >= 15 is 0 Å². The van der Waals surface area contributed by atoms with Gasteiger partial charge in [-0.05, 0) is 18.6 Å². The highest BCUT2D eigenvalue weighted by molar-refractivity contribution is 5.47. The lowest BCUT2D eigenvalue weighted by Gasteiger charge is -2.07. The molecule has 1 atom stereocenters. The van der Waals surface area contributed by atoms with Crippen LogP contribution in [0.3, 0.4) is 0 Å². The second-order valence-electron chi connectivity index (χ2n) is 3.49. The van der Waals surface area contributed by atoms with Gasteiger partial charge in [0.05, 0.1) is 11.6 Å². The molecule has 1 heteroatoms. The Bertz CT molecular complexity index is 447. The molecule has 0 saturated carbocycles. The molecule has 1 unspecified atom stereocenters. The molecule has 0 fully saturated rings. The molecule has 1 aromatic carbocycles. The third kappa shape index (κ3) is 1.47. The summed E-state index contributed by atoms with van der Waals surface area (Å²) in [5.74, 6) is 0.283. The second kappa shape index (κ2) is 3.51. The fraction of sp³-hybridized carbons (Fsp3) is 0.154. The van der Waals surface area contributed by atoms with Gasteiger partial charge in [-0.3, -0.25) is 0 Å². The quantitative estimate of drug-likeness (QED) is 0.652. The first-order valence-electron chi connectivity index (χ1n) is 4.67. The predicted octanol–water partition coefficient (Wildman–Crippen LogP) is 3.16. The molecule has 0 bridgehead atoms. The third-order valence-corrected chi connectivity index (χ3v) is 2.45. The third-order valence-electron chi connectivity index (χ3n) is 2.45. The Morgan fingerprint density at radius 3 is 2.71 bits per heavy atom. The van der Waals surface area contributed by atoms with Crippen LogP contribution < -0.4 is 0 Å². The summed E-state index contributed by atoms with van der Waals surface area (Å²) in [5, 5.41) is 8.95. The smallest absolute Gasteiger partial charge is 0.0994 e. The number of rotatable bonds is 1. The summed E-state index contributed by atoms with van der Waals surface area (Å²) in [6.45, 7) is 2.07. The van der Waals surface area contributed by atoms with E-state index in [2.05, 4.69) is 31.2 Å². The van der Waals surface area contributed by atoms with E-state index in [0.717, 1.165) is 11.1 Å². The average Bonchev–Trinajstić information content (AvgIpc) is 2.65. The van der Waals surface area contributed by atoms with Crippen molar-refractivity contribution in [3.63, 3.8) is 0 Å².